The second-order valence-corrected chi connectivity index (χ2v) is 2.71. The maximum atomic E-state index is 4.12. The molecule has 74 valence electrons. The van der Waals surface area contributed by atoms with E-state index >= 15 is 0 Å². The van der Waals surface area contributed by atoms with Gasteiger partial charge >= 0.3 is 0 Å². The Morgan fingerprint density at radius 1 is 0.867 bits per heavy atom. The summed E-state index contributed by atoms with van der Waals surface area (Å²) in [5, 5.41) is 9.26. The first-order valence-corrected chi connectivity index (χ1v) is 4.43. The highest BCUT2D eigenvalue weighted by molar-refractivity contribution is 5.72. The maximum Gasteiger partial charge on any atom is 0.0886 e. The third kappa shape index (κ3) is 2.57. The van der Waals surface area contributed by atoms with Crippen LogP contribution in [-0.4, -0.2) is 25.4 Å². The Morgan fingerprint density at radius 2 is 1.53 bits per heavy atom. The number of hydrogen-bond donors (Lipinski definition) is 1. The van der Waals surface area contributed by atoms with Crippen molar-refractivity contribution in [2.45, 2.75) is 0 Å². The van der Waals surface area contributed by atoms with Crippen molar-refractivity contribution < 1.29 is 0 Å². The molecule has 5 nitrogen and oxygen atoms in total. The predicted molar refractivity (Wildman–Crippen MR) is 55.9 cm³/mol. The van der Waals surface area contributed by atoms with Crippen molar-refractivity contribution >= 4 is 11.0 Å². The highest BCUT2D eigenvalue weighted by Crippen LogP contribution is 2.04. The van der Waals surface area contributed by atoms with Gasteiger partial charge in [-0.05, 0) is 24.3 Å². The highest BCUT2D eigenvalue weighted by Gasteiger charge is 1.88. The molecule has 0 unspecified atom stereocenters. The molecule has 0 bridgehead atoms. The van der Waals surface area contributed by atoms with Gasteiger partial charge in [-0.15, -0.1) is 5.10 Å². The van der Waals surface area contributed by atoms with E-state index in [4.69, 9.17) is 0 Å². The van der Waals surface area contributed by atoms with E-state index in [1.165, 1.54) is 0 Å². The van der Waals surface area contributed by atoms with E-state index in [1.54, 1.807) is 24.8 Å². The summed E-state index contributed by atoms with van der Waals surface area (Å²) < 4.78 is 0. The minimum Gasteiger partial charge on any atom is -0.266 e. The van der Waals surface area contributed by atoms with Crippen LogP contribution in [0.5, 0.6) is 0 Å². The molecule has 3 heterocycles. The van der Waals surface area contributed by atoms with E-state index in [2.05, 4.69) is 25.4 Å². The van der Waals surface area contributed by atoms with E-state index < -0.39 is 0 Å². The van der Waals surface area contributed by atoms with Gasteiger partial charge in [0.2, 0.25) is 0 Å². The number of rotatable bonds is 0. The average Bonchev–Trinajstić information content (AvgIpc) is 2.88. The smallest absolute Gasteiger partial charge is 0.0886 e. The molecule has 5 heteroatoms. The van der Waals surface area contributed by atoms with Gasteiger partial charge in [0, 0.05) is 18.6 Å². The summed E-state index contributed by atoms with van der Waals surface area (Å²) in [5.74, 6) is 0. The standard InChI is InChI=1S/C8H6N2.C2H3N3/c1-3-7-8(9-5-1)4-2-6-10-7;1-2-4-5-3-1/h1-6H;1-2H,(H,3,4,5). The predicted octanol–water partition coefficient (Wildman–Crippen LogP) is 1.43. The highest BCUT2D eigenvalue weighted by atomic mass is 15.3. The Hall–Kier alpha value is -2.30. The third-order valence-electron chi connectivity index (χ3n) is 1.70. The van der Waals surface area contributed by atoms with Crippen molar-refractivity contribution in [2.75, 3.05) is 0 Å². The lowest BCUT2D eigenvalue weighted by atomic mass is 10.3. The molecule has 0 aliphatic rings. The van der Waals surface area contributed by atoms with Crippen LogP contribution in [0.25, 0.3) is 11.0 Å². The second-order valence-electron chi connectivity index (χ2n) is 2.71. The number of H-pyrrole nitrogens is 1. The van der Waals surface area contributed by atoms with Gasteiger partial charge in [-0.3, -0.25) is 15.1 Å². The zero-order valence-corrected chi connectivity index (χ0v) is 7.91. The Labute approximate surface area is 86.2 Å². The van der Waals surface area contributed by atoms with E-state index in [0.717, 1.165) is 11.0 Å². The summed E-state index contributed by atoms with van der Waals surface area (Å²) in [6.07, 6.45) is 6.77. The Balaban J connectivity index is 0.000000144. The zero-order chi connectivity index (χ0) is 10.3. The second kappa shape index (κ2) is 4.80. The maximum absolute atomic E-state index is 4.12. The van der Waals surface area contributed by atoms with Crippen molar-refractivity contribution in [2.24, 2.45) is 0 Å². The van der Waals surface area contributed by atoms with Gasteiger partial charge < -0.3 is 0 Å². The SMILES string of the molecule is c1c[nH]nn1.c1cnc2cccnc2c1. The number of aromatic amines is 1. The van der Waals surface area contributed by atoms with Gasteiger partial charge in [0.05, 0.1) is 17.2 Å². The molecule has 3 aromatic rings. The van der Waals surface area contributed by atoms with Crippen LogP contribution in [0.1, 0.15) is 0 Å². The summed E-state index contributed by atoms with van der Waals surface area (Å²) in [7, 11) is 0. The van der Waals surface area contributed by atoms with Crippen molar-refractivity contribution in [1.29, 1.82) is 0 Å². The van der Waals surface area contributed by atoms with Crippen molar-refractivity contribution in [3.05, 3.63) is 49.1 Å². The van der Waals surface area contributed by atoms with Crippen molar-refractivity contribution in [1.82, 2.24) is 25.4 Å². The van der Waals surface area contributed by atoms with Crippen LogP contribution in [0.15, 0.2) is 49.1 Å². The molecule has 3 aromatic heterocycles. The molecule has 0 amide bonds. The number of hydrogen-bond acceptors (Lipinski definition) is 4. The Morgan fingerprint density at radius 3 is 1.93 bits per heavy atom. The van der Waals surface area contributed by atoms with Crippen molar-refractivity contribution in [3.8, 4) is 0 Å². The van der Waals surface area contributed by atoms with Crippen LogP contribution in [0.2, 0.25) is 0 Å². The van der Waals surface area contributed by atoms with Crippen LogP contribution in [0.3, 0.4) is 0 Å². The van der Waals surface area contributed by atoms with Gasteiger partial charge in [0.25, 0.3) is 0 Å². The van der Waals surface area contributed by atoms with Crippen LogP contribution in [-0.2, 0) is 0 Å². The average molecular weight is 199 g/mol. The van der Waals surface area contributed by atoms with Crippen molar-refractivity contribution in [3.63, 3.8) is 0 Å². The number of fused-ring (bicyclic) bond motifs is 1. The van der Waals surface area contributed by atoms with Gasteiger partial charge in [-0.1, -0.05) is 5.21 Å². The summed E-state index contributed by atoms with van der Waals surface area (Å²) in [4.78, 5) is 8.24. The minimum absolute atomic E-state index is 0.949. The largest absolute Gasteiger partial charge is 0.266 e. The minimum atomic E-state index is 0.949. The van der Waals surface area contributed by atoms with Crippen LogP contribution in [0.4, 0.5) is 0 Å². The van der Waals surface area contributed by atoms with E-state index in [9.17, 15) is 0 Å². The van der Waals surface area contributed by atoms with Crippen LogP contribution >= 0.6 is 0 Å². The fourth-order valence-corrected chi connectivity index (χ4v) is 1.07. The fraction of sp³-hybridized carbons (Fsp3) is 0. The van der Waals surface area contributed by atoms with Gasteiger partial charge in [0.15, 0.2) is 0 Å². The monoisotopic (exact) mass is 199 g/mol. The van der Waals surface area contributed by atoms with E-state index in [1.807, 2.05) is 24.3 Å². The summed E-state index contributed by atoms with van der Waals surface area (Å²) in [6.45, 7) is 0. The lowest BCUT2D eigenvalue weighted by molar-refractivity contribution is 0.940. The molecule has 1 N–H and O–H groups in total. The zero-order valence-electron chi connectivity index (χ0n) is 7.91. The molecular weight excluding hydrogens is 190 g/mol. The molecular formula is C10H9N5. The molecule has 0 atom stereocenters. The van der Waals surface area contributed by atoms with E-state index in [-0.39, 0.29) is 0 Å². The quantitative estimate of drug-likeness (QED) is 0.594. The van der Waals surface area contributed by atoms with Gasteiger partial charge in [-0.2, -0.15) is 0 Å². The summed E-state index contributed by atoms with van der Waals surface area (Å²) in [5.41, 5.74) is 1.90. The van der Waals surface area contributed by atoms with Gasteiger partial charge in [0.1, 0.15) is 0 Å². The molecule has 0 fully saturated rings. The lowest BCUT2D eigenvalue weighted by Gasteiger charge is -1.90. The molecule has 0 aliphatic carbocycles. The first kappa shape index (κ1) is 9.26. The molecule has 0 spiro atoms. The molecule has 0 saturated carbocycles. The molecule has 15 heavy (non-hydrogen) atoms. The normalized spacial score (nSPS) is 9.33. The molecule has 0 radical (unpaired) electrons. The molecule has 0 aliphatic heterocycles. The topological polar surface area (TPSA) is 67.3 Å². The third-order valence-corrected chi connectivity index (χ3v) is 1.70. The van der Waals surface area contributed by atoms with Gasteiger partial charge in [-0.25, -0.2) is 0 Å². The molecule has 0 saturated heterocycles. The first-order chi connectivity index (χ1) is 7.47. The number of nitrogens with zero attached hydrogens (tertiary/aromatic N) is 4. The molecule has 0 aromatic carbocycles. The lowest BCUT2D eigenvalue weighted by Crippen LogP contribution is -1.78. The number of pyridine rings is 2. The Bertz CT molecular complexity index is 423. The number of nitrogens with one attached hydrogen (secondary N) is 1. The fourth-order valence-electron chi connectivity index (χ4n) is 1.07. The van der Waals surface area contributed by atoms with Crippen LogP contribution in [0, 0.1) is 0 Å². The summed E-state index contributed by atoms with van der Waals surface area (Å²) >= 11 is 0. The van der Waals surface area contributed by atoms with Crippen LogP contribution < -0.4 is 0 Å². The Kier molecular flexibility index (Phi) is 2.97. The van der Waals surface area contributed by atoms with E-state index in [0.29, 0.717) is 0 Å². The number of aromatic nitrogens is 5. The summed E-state index contributed by atoms with van der Waals surface area (Å²) in [6, 6.07) is 7.66. The molecule has 3 rings (SSSR count). The first-order valence-electron chi connectivity index (χ1n) is 4.43.